The summed E-state index contributed by atoms with van der Waals surface area (Å²) in [5.74, 6) is -1.92. The third-order valence-electron chi connectivity index (χ3n) is 4.78. The molecule has 1 spiro atoms. The maximum absolute atomic E-state index is 12.9. The molecule has 0 aromatic heterocycles. The summed E-state index contributed by atoms with van der Waals surface area (Å²) in [7, 11) is 0. The molecule has 2 fully saturated rings. The first-order chi connectivity index (χ1) is 9.69. The van der Waals surface area contributed by atoms with Crippen LogP contribution >= 0.6 is 0 Å². The van der Waals surface area contributed by atoms with Crippen molar-refractivity contribution in [3.63, 3.8) is 0 Å². The Morgan fingerprint density at radius 1 is 1.29 bits per heavy atom. The van der Waals surface area contributed by atoms with Crippen LogP contribution < -0.4 is 5.32 Å². The van der Waals surface area contributed by atoms with Crippen molar-refractivity contribution in [1.29, 1.82) is 0 Å². The smallest absolute Gasteiger partial charge is 0.417 e. The molecule has 2 aliphatic rings. The summed E-state index contributed by atoms with van der Waals surface area (Å²) in [5, 5.41) is 11.0. The molecule has 0 amide bonds. The number of carboxylic acids is 1. The van der Waals surface area contributed by atoms with E-state index in [0.717, 1.165) is 32.1 Å². The number of nitrogens with one attached hydrogen (secondary N) is 1. The van der Waals surface area contributed by atoms with E-state index in [1.165, 1.54) is 6.42 Å². The lowest BCUT2D eigenvalue weighted by molar-refractivity contribution is -0.207. The second-order valence-electron chi connectivity index (χ2n) is 6.33. The highest BCUT2D eigenvalue weighted by molar-refractivity contribution is 5.79. The largest absolute Gasteiger partial charge is 0.480 e. The lowest BCUT2D eigenvalue weighted by atomic mass is 9.83. The number of rotatable bonds is 4. The fourth-order valence-corrected chi connectivity index (χ4v) is 3.22. The van der Waals surface area contributed by atoms with Crippen LogP contribution in [-0.2, 0) is 9.53 Å². The van der Waals surface area contributed by atoms with Gasteiger partial charge in [-0.25, -0.2) is 4.79 Å². The van der Waals surface area contributed by atoms with E-state index in [1.807, 2.05) is 0 Å². The molecular weight excluding hydrogens is 287 g/mol. The molecule has 0 bridgehead atoms. The standard InChI is InChI=1S/C14H22F3NO3/c1-12(11(19)20,14(15,16)17)18-9-10-5-8-13(21-10)6-3-2-4-7-13/h10,18H,2-9H2,1H3,(H,19,20). The van der Waals surface area contributed by atoms with Gasteiger partial charge in [0.2, 0.25) is 5.54 Å². The Kier molecular flexibility index (Phi) is 4.54. The van der Waals surface area contributed by atoms with E-state index in [-0.39, 0.29) is 18.2 Å². The second-order valence-corrected chi connectivity index (χ2v) is 6.33. The van der Waals surface area contributed by atoms with Crippen molar-refractivity contribution in [1.82, 2.24) is 5.32 Å². The van der Waals surface area contributed by atoms with E-state index in [2.05, 4.69) is 5.32 Å². The van der Waals surface area contributed by atoms with Gasteiger partial charge in [-0.1, -0.05) is 19.3 Å². The molecule has 122 valence electrons. The normalized spacial score (nSPS) is 28.5. The fourth-order valence-electron chi connectivity index (χ4n) is 3.22. The van der Waals surface area contributed by atoms with Crippen molar-refractivity contribution in [2.24, 2.45) is 0 Å². The summed E-state index contributed by atoms with van der Waals surface area (Å²) in [6.45, 7) is 0.560. The highest BCUT2D eigenvalue weighted by Crippen LogP contribution is 2.42. The van der Waals surface area contributed by atoms with Gasteiger partial charge in [-0.2, -0.15) is 13.2 Å². The van der Waals surface area contributed by atoms with Gasteiger partial charge < -0.3 is 9.84 Å². The predicted molar refractivity (Wildman–Crippen MR) is 70.0 cm³/mol. The molecule has 2 rings (SSSR count). The molecule has 1 saturated heterocycles. The molecule has 1 aliphatic heterocycles. The fraction of sp³-hybridized carbons (Fsp3) is 0.929. The van der Waals surface area contributed by atoms with Gasteiger partial charge in [-0.3, -0.25) is 5.32 Å². The van der Waals surface area contributed by atoms with Gasteiger partial charge in [0.25, 0.3) is 0 Å². The zero-order chi connectivity index (χ0) is 15.7. The Labute approximate surface area is 122 Å². The number of hydrogen-bond donors (Lipinski definition) is 2. The Bertz CT molecular complexity index is 393. The second kappa shape index (κ2) is 5.76. The number of carbonyl (C=O) groups is 1. The molecule has 2 N–H and O–H groups in total. The van der Waals surface area contributed by atoms with Gasteiger partial charge in [0.15, 0.2) is 0 Å². The lowest BCUT2D eigenvalue weighted by Gasteiger charge is -2.34. The Morgan fingerprint density at radius 2 is 1.90 bits per heavy atom. The van der Waals surface area contributed by atoms with Crippen LogP contribution in [-0.4, -0.2) is 41.0 Å². The van der Waals surface area contributed by atoms with Crippen LogP contribution in [0.25, 0.3) is 0 Å². The maximum atomic E-state index is 12.9. The highest BCUT2D eigenvalue weighted by Gasteiger charge is 2.57. The Morgan fingerprint density at radius 3 is 2.43 bits per heavy atom. The van der Waals surface area contributed by atoms with Crippen molar-refractivity contribution in [3.05, 3.63) is 0 Å². The van der Waals surface area contributed by atoms with E-state index in [4.69, 9.17) is 9.84 Å². The monoisotopic (exact) mass is 309 g/mol. The van der Waals surface area contributed by atoms with Crippen molar-refractivity contribution < 1.29 is 27.8 Å². The zero-order valence-corrected chi connectivity index (χ0v) is 12.1. The molecule has 2 atom stereocenters. The number of carboxylic acid groups (broad SMARTS) is 1. The molecule has 1 heterocycles. The highest BCUT2D eigenvalue weighted by atomic mass is 19.4. The van der Waals surface area contributed by atoms with Crippen LogP contribution in [0, 0.1) is 0 Å². The SMILES string of the molecule is CC(NCC1CCC2(CCCCC2)O1)(C(=O)O)C(F)(F)F. The van der Waals surface area contributed by atoms with Crippen molar-refractivity contribution in [2.45, 2.75) is 75.3 Å². The molecule has 0 radical (unpaired) electrons. The Hall–Kier alpha value is -0.820. The third-order valence-corrected chi connectivity index (χ3v) is 4.78. The van der Waals surface area contributed by atoms with Gasteiger partial charge in [-0.15, -0.1) is 0 Å². The molecule has 21 heavy (non-hydrogen) atoms. The zero-order valence-electron chi connectivity index (χ0n) is 12.1. The summed E-state index contributed by atoms with van der Waals surface area (Å²) in [5.41, 5.74) is -3.11. The molecule has 1 aliphatic carbocycles. The van der Waals surface area contributed by atoms with E-state index in [9.17, 15) is 18.0 Å². The maximum Gasteiger partial charge on any atom is 0.417 e. The van der Waals surface area contributed by atoms with Gasteiger partial charge in [0, 0.05) is 6.54 Å². The lowest BCUT2D eigenvalue weighted by Crippen LogP contribution is -2.61. The molecule has 0 aromatic rings. The van der Waals surface area contributed by atoms with E-state index >= 15 is 0 Å². The van der Waals surface area contributed by atoms with Crippen LogP contribution in [0.15, 0.2) is 0 Å². The van der Waals surface area contributed by atoms with Crippen molar-refractivity contribution >= 4 is 5.97 Å². The van der Waals surface area contributed by atoms with E-state index in [0.29, 0.717) is 13.3 Å². The van der Waals surface area contributed by atoms with Crippen LogP contribution in [0.3, 0.4) is 0 Å². The van der Waals surface area contributed by atoms with Crippen LogP contribution in [0.4, 0.5) is 13.2 Å². The Balaban J connectivity index is 1.92. The van der Waals surface area contributed by atoms with Crippen molar-refractivity contribution in [2.75, 3.05) is 6.54 Å². The van der Waals surface area contributed by atoms with Gasteiger partial charge in [0.05, 0.1) is 11.7 Å². The first-order valence-electron chi connectivity index (χ1n) is 7.42. The van der Waals surface area contributed by atoms with Gasteiger partial charge in [-0.05, 0) is 32.6 Å². The number of halogens is 3. The molecule has 4 nitrogen and oxygen atoms in total. The summed E-state index contributed by atoms with van der Waals surface area (Å²) in [4.78, 5) is 10.9. The number of hydrogen-bond acceptors (Lipinski definition) is 3. The third kappa shape index (κ3) is 3.34. The number of aliphatic carboxylic acids is 1. The average Bonchev–Trinajstić information content (AvgIpc) is 2.78. The summed E-state index contributed by atoms with van der Waals surface area (Å²) >= 11 is 0. The first-order valence-corrected chi connectivity index (χ1v) is 7.42. The van der Waals surface area contributed by atoms with E-state index in [1.54, 1.807) is 0 Å². The summed E-state index contributed by atoms with van der Waals surface area (Å²) < 4.78 is 44.6. The molecule has 2 unspecified atom stereocenters. The quantitative estimate of drug-likeness (QED) is 0.838. The predicted octanol–water partition coefficient (Wildman–Crippen LogP) is 2.86. The molecule has 1 saturated carbocycles. The minimum absolute atomic E-state index is 0.0932. The van der Waals surface area contributed by atoms with Crippen LogP contribution in [0.5, 0.6) is 0 Å². The van der Waals surface area contributed by atoms with Crippen molar-refractivity contribution in [3.8, 4) is 0 Å². The number of alkyl halides is 3. The van der Waals surface area contributed by atoms with Gasteiger partial charge in [0.1, 0.15) is 0 Å². The molecular formula is C14H22F3NO3. The first kappa shape index (κ1) is 16.5. The van der Waals surface area contributed by atoms with Crippen LogP contribution in [0.1, 0.15) is 51.9 Å². The molecule has 7 heteroatoms. The van der Waals surface area contributed by atoms with Gasteiger partial charge >= 0.3 is 12.1 Å². The molecule has 0 aromatic carbocycles. The van der Waals surface area contributed by atoms with Crippen LogP contribution in [0.2, 0.25) is 0 Å². The minimum atomic E-state index is -4.85. The average molecular weight is 309 g/mol. The topological polar surface area (TPSA) is 58.6 Å². The summed E-state index contributed by atoms with van der Waals surface area (Å²) in [6.07, 6.45) is 1.63. The van der Waals surface area contributed by atoms with E-state index < -0.39 is 17.7 Å². The number of ether oxygens (including phenoxy) is 1. The minimum Gasteiger partial charge on any atom is -0.480 e. The summed E-state index contributed by atoms with van der Waals surface area (Å²) in [6, 6.07) is 0.